The van der Waals surface area contributed by atoms with Crippen LogP contribution in [0.15, 0.2) is 12.7 Å². The van der Waals surface area contributed by atoms with Crippen LogP contribution in [0, 0.1) is 17.3 Å². The number of ether oxygens (including phenoxy) is 2. The van der Waals surface area contributed by atoms with Crippen LogP contribution >= 0.6 is 0 Å². The third-order valence-corrected chi connectivity index (χ3v) is 5.69. The minimum atomic E-state index is -0.622. The van der Waals surface area contributed by atoms with Crippen molar-refractivity contribution in [2.24, 2.45) is 17.3 Å². The molecule has 2 aliphatic heterocycles. The Bertz CT molecular complexity index is 466. The summed E-state index contributed by atoms with van der Waals surface area (Å²) in [4.78, 5) is 12.4. The molecule has 5 heteroatoms. The molecule has 0 saturated carbocycles. The topological polar surface area (TPSA) is 59.0 Å². The highest BCUT2D eigenvalue weighted by Crippen LogP contribution is 2.43. The maximum atomic E-state index is 12.4. The predicted molar refractivity (Wildman–Crippen MR) is 97.1 cm³/mol. The summed E-state index contributed by atoms with van der Waals surface area (Å²) >= 11 is 0. The summed E-state index contributed by atoms with van der Waals surface area (Å²) in [6.07, 6.45) is 5.61. The first-order chi connectivity index (χ1) is 11.7. The number of hydroxylamine groups is 2. The number of amides is 1. The maximum absolute atomic E-state index is 12.4. The lowest BCUT2D eigenvalue weighted by Gasteiger charge is -2.46. The molecule has 25 heavy (non-hydrogen) atoms. The molecule has 0 spiro atoms. The van der Waals surface area contributed by atoms with Crippen LogP contribution in [0.4, 0.5) is 0 Å². The first kappa shape index (κ1) is 20.4. The molecule has 144 valence electrons. The Morgan fingerprint density at radius 2 is 2.00 bits per heavy atom. The lowest BCUT2D eigenvalue weighted by Crippen LogP contribution is -2.55. The molecular weight excluding hydrogens is 318 g/mol. The Balaban J connectivity index is 2.17. The summed E-state index contributed by atoms with van der Waals surface area (Å²) in [6.45, 7) is 13.8. The van der Waals surface area contributed by atoms with Crippen LogP contribution in [0.1, 0.15) is 66.2 Å². The van der Waals surface area contributed by atoms with E-state index in [0.717, 1.165) is 17.9 Å². The minimum Gasteiger partial charge on any atom is -0.352 e. The highest BCUT2D eigenvalue weighted by atomic mass is 16.7. The van der Waals surface area contributed by atoms with E-state index in [2.05, 4.69) is 34.3 Å². The van der Waals surface area contributed by atoms with E-state index < -0.39 is 5.54 Å². The Labute approximate surface area is 152 Å². The number of carbonyl (C=O) groups excluding carboxylic acids is 1. The highest BCUT2D eigenvalue weighted by molar-refractivity contribution is 5.76. The van der Waals surface area contributed by atoms with Crippen LogP contribution in [-0.2, 0) is 14.3 Å². The van der Waals surface area contributed by atoms with Crippen LogP contribution in [0.3, 0.4) is 0 Å². The van der Waals surface area contributed by atoms with Crippen LogP contribution in [0.25, 0.3) is 0 Å². The summed E-state index contributed by atoms with van der Waals surface area (Å²) in [5.74, 6) is 0.409. The van der Waals surface area contributed by atoms with Crippen molar-refractivity contribution in [2.75, 3.05) is 13.2 Å². The monoisotopic (exact) mass is 353 g/mol. The van der Waals surface area contributed by atoms with Crippen molar-refractivity contribution in [2.45, 2.75) is 78.0 Å². The normalized spacial score (nSPS) is 31.2. The van der Waals surface area contributed by atoms with Crippen molar-refractivity contribution >= 4 is 5.91 Å². The molecule has 0 aliphatic carbocycles. The molecule has 1 amide bonds. The average Bonchev–Trinajstić information content (AvgIpc) is 2.66. The van der Waals surface area contributed by atoms with Crippen LogP contribution in [0.5, 0.6) is 0 Å². The molecule has 2 saturated heterocycles. The molecule has 0 aromatic heterocycles. The zero-order chi connectivity index (χ0) is 18.7. The smallest absolute Gasteiger partial charge is 0.246 e. The van der Waals surface area contributed by atoms with E-state index in [4.69, 9.17) is 9.47 Å². The summed E-state index contributed by atoms with van der Waals surface area (Å²) < 4.78 is 11.7. The van der Waals surface area contributed by atoms with Gasteiger partial charge in [0.25, 0.3) is 0 Å². The Morgan fingerprint density at radius 1 is 1.36 bits per heavy atom. The van der Waals surface area contributed by atoms with Gasteiger partial charge in [-0.25, -0.2) is 5.06 Å². The summed E-state index contributed by atoms with van der Waals surface area (Å²) in [6, 6.07) is 0. The Kier molecular flexibility index (Phi) is 6.68. The van der Waals surface area contributed by atoms with E-state index >= 15 is 0 Å². The fraction of sp³-hybridized carbons (Fsp3) is 0.850. The summed E-state index contributed by atoms with van der Waals surface area (Å²) in [5.41, 5.74) is -0.583. The summed E-state index contributed by atoms with van der Waals surface area (Å²) in [5, 5.41) is 11.8. The van der Waals surface area contributed by atoms with Crippen molar-refractivity contribution in [3.8, 4) is 0 Å². The molecule has 5 nitrogen and oxygen atoms in total. The lowest BCUT2D eigenvalue weighted by molar-refractivity contribution is -0.236. The minimum absolute atomic E-state index is 0.0388. The molecule has 0 bridgehead atoms. The van der Waals surface area contributed by atoms with Crippen LogP contribution in [-0.4, -0.2) is 41.2 Å². The molecule has 2 atom stereocenters. The van der Waals surface area contributed by atoms with E-state index in [0.29, 0.717) is 44.8 Å². The third-order valence-electron chi connectivity index (χ3n) is 5.69. The van der Waals surface area contributed by atoms with Crippen molar-refractivity contribution in [1.29, 1.82) is 0 Å². The van der Waals surface area contributed by atoms with Crippen LogP contribution < -0.4 is 0 Å². The number of rotatable bonds is 6. The van der Waals surface area contributed by atoms with E-state index in [1.54, 1.807) is 0 Å². The molecule has 2 heterocycles. The highest BCUT2D eigenvalue weighted by Gasteiger charge is 2.48. The van der Waals surface area contributed by atoms with Gasteiger partial charge in [0.15, 0.2) is 6.29 Å². The Morgan fingerprint density at radius 3 is 2.56 bits per heavy atom. The number of nitrogens with zero attached hydrogens (tertiary/aromatic N) is 1. The van der Waals surface area contributed by atoms with E-state index in [9.17, 15) is 10.0 Å². The molecule has 1 N–H and O–H groups in total. The van der Waals surface area contributed by atoms with Crippen molar-refractivity contribution in [1.82, 2.24) is 5.06 Å². The van der Waals surface area contributed by atoms with Gasteiger partial charge >= 0.3 is 0 Å². The SMILES string of the molecule is C=CC[C@]1(CCC2OCC(C)(C)CO2)[C@@H](C(C)C)CCCC(=O)N1O. The van der Waals surface area contributed by atoms with Crippen molar-refractivity contribution in [3.63, 3.8) is 0 Å². The van der Waals surface area contributed by atoms with E-state index in [-0.39, 0.29) is 23.5 Å². The third kappa shape index (κ3) is 4.63. The number of carbonyl (C=O) groups is 1. The number of hydrogen-bond donors (Lipinski definition) is 1. The molecule has 0 aromatic rings. The van der Waals surface area contributed by atoms with Gasteiger partial charge in [-0.2, -0.15) is 0 Å². The zero-order valence-electron chi connectivity index (χ0n) is 16.3. The predicted octanol–water partition coefficient (Wildman–Crippen LogP) is 4.15. The molecule has 0 unspecified atom stereocenters. The van der Waals surface area contributed by atoms with Gasteiger partial charge in [-0.05, 0) is 37.5 Å². The molecule has 2 rings (SSSR count). The summed E-state index contributed by atoms with van der Waals surface area (Å²) in [7, 11) is 0. The molecule has 0 aromatic carbocycles. The standard InChI is InChI=1S/C20H35NO4/c1-6-11-20(12-10-18-24-13-19(4,5)14-25-18)16(15(2)3)8-7-9-17(22)21(20)23/h6,15-16,18,23H,1,7-14H2,2-5H3/t16-,20+/m1/s1. The average molecular weight is 354 g/mol. The van der Waals surface area contributed by atoms with Gasteiger partial charge in [0.2, 0.25) is 5.91 Å². The van der Waals surface area contributed by atoms with Crippen molar-refractivity contribution in [3.05, 3.63) is 12.7 Å². The van der Waals surface area contributed by atoms with Gasteiger partial charge in [-0.3, -0.25) is 10.0 Å². The fourth-order valence-corrected chi connectivity index (χ4v) is 4.35. The second-order valence-electron chi connectivity index (χ2n) is 8.80. The largest absolute Gasteiger partial charge is 0.352 e. The second kappa shape index (κ2) is 8.19. The van der Waals surface area contributed by atoms with E-state index in [1.165, 1.54) is 0 Å². The van der Waals surface area contributed by atoms with E-state index in [1.807, 2.05) is 6.08 Å². The molecule has 0 radical (unpaired) electrons. The fourth-order valence-electron chi connectivity index (χ4n) is 4.35. The van der Waals surface area contributed by atoms with Gasteiger partial charge in [-0.15, -0.1) is 6.58 Å². The maximum Gasteiger partial charge on any atom is 0.246 e. The van der Waals surface area contributed by atoms with Crippen LogP contribution in [0.2, 0.25) is 0 Å². The Hall–Kier alpha value is -0.910. The van der Waals surface area contributed by atoms with Gasteiger partial charge in [-0.1, -0.05) is 33.8 Å². The lowest BCUT2D eigenvalue weighted by atomic mass is 9.70. The second-order valence-corrected chi connectivity index (χ2v) is 8.80. The first-order valence-corrected chi connectivity index (χ1v) is 9.58. The zero-order valence-corrected chi connectivity index (χ0v) is 16.3. The van der Waals surface area contributed by atoms with Gasteiger partial charge in [0.05, 0.1) is 18.8 Å². The molecule has 2 aliphatic rings. The first-order valence-electron chi connectivity index (χ1n) is 9.58. The number of hydrogen-bond acceptors (Lipinski definition) is 4. The van der Waals surface area contributed by atoms with Gasteiger partial charge in [0.1, 0.15) is 0 Å². The molecular formula is C20H35NO4. The quantitative estimate of drug-likeness (QED) is 0.575. The van der Waals surface area contributed by atoms with Gasteiger partial charge in [0, 0.05) is 18.3 Å². The van der Waals surface area contributed by atoms with Crippen molar-refractivity contribution < 1.29 is 19.5 Å². The van der Waals surface area contributed by atoms with Gasteiger partial charge < -0.3 is 9.47 Å². The molecule has 2 fully saturated rings.